The number of carbonyl (C=O) groups excluding carboxylic acids is 2. The van der Waals surface area contributed by atoms with Crippen molar-refractivity contribution in [2.75, 3.05) is 7.11 Å². The summed E-state index contributed by atoms with van der Waals surface area (Å²) in [5.74, 6) is -3.03. The summed E-state index contributed by atoms with van der Waals surface area (Å²) in [5.41, 5.74) is 2.03. The van der Waals surface area contributed by atoms with Gasteiger partial charge in [0.25, 0.3) is 5.91 Å². The van der Waals surface area contributed by atoms with Gasteiger partial charge in [-0.3, -0.25) is 4.79 Å². The number of nitrogens with one attached hydrogen (secondary N) is 1. The van der Waals surface area contributed by atoms with E-state index in [4.69, 9.17) is 9.47 Å². The average molecular weight is 482 g/mol. The smallest absolute Gasteiger partial charge is 0.328 e. The molecule has 3 atom stereocenters. The molecule has 4 rings (SSSR count). The van der Waals surface area contributed by atoms with Crippen LogP contribution in [-0.2, 0) is 16.0 Å². The summed E-state index contributed by atoms with van der Waals surface area (Å²) in [6.45, 7) is 1.45. The predicted octanol–water partition coefficient (Wildman–Crippen LogP) is 3.88. The summed E-state index contributed by atoms with van der Waals surface area (Å²) in [4.78, 5) is 29.4. The number of rotatable bonds is 6. The number of amides is 1. The Labute approximate surface area is 200 Å². The zero-order valence-corrected chi connectivity index (χ0v) is 19.1. The molecule has 1 heterocycles. The first-order valence-electron chi connectivity index (χ1n) is 11.1. The molecule has 0 spiro atoms. The zero-order chi connectivity index (χ0) is 25.1. The van der Waals surface area contributed by atoms with Gasteiger partial charge in [0.15, 0.2) is 17.2 Å². The van der Waals surface area contributed by atoms with Gasteiger partial charge in [-0.1, -0.05) is 18.2 Å². The predicted molar refractivity (Wildman–Crippen MR) is 122 cm³/mol. The quantitative estimate of drug-likeness (QED) is 0.518. The Balaban J connectivity index is 1.53. The number of ether oxygens (including phenoxy) is 2. The molecule has 2 N–H and O–H groups in total. The monoisotopic (exact) mass is 482 g/mol. The van der Waals surface area contributed by atoms with Crippen LogP contribution in [-0.4, -0.2) is 41.2 Å². The maximum atomic E-state index is 13.8. The van der Waals surface area contributed by atoms with Crippen LogP contribution >= 0.6 is 0 Å². The van der Waals surface area contributed by atoms with Crippen molar-refractivity contribution in [3.05, 3.63) is 88.7 Å². The SMILES string of the molecule is COc1ccnc(C(=O)N[C@@H](C)C(=O)O[C@@H]2CCc3cc(F)ccc3[C@H]2c2ccc(F)cc2)c1O. The van der Waals surface area contributed by atoms with E-state index in [-0.39, 0.29) is 17.3 Å². The number of aromatic hydroxyl groups is 1. The van der Waals surface area contributed by atoms with Crippen LogP contribution in [0.4, 0.5) is 8.78 Å². The number of hydrogen-bond acceptors (Lipinski definition) is 6. The third-order valence-electron chi connectivity index (χ3n) is 6.03. The molecule has 1 aliphatic rings. The van der Waals surface area contributed by atoms with Crippen LogP contribution in [0.3, 0.4) is 0 Å². The van der Waals surface area contributed by atoms with Gasteiger partial charge in [0.2, 0.25) is 0 Å². The number of esters is 1. The summed E-state index contributed by atoms with van der Waals surface area (Å²) in [6, 6.07) is 10.7. The van der Waals surface area contributed by atoms with E-state index >= 15 is 0 Å². The van der Waals surface area contributed by atoms with Crippen LogP contribution in [0.25, 0.3) is 0 Å². The lowest BCUT2D eigenvalue weighted by Crippen LogP contribution is -2.42. The molecular weight excluding hydrogens is 458 g/mol. The molecule has 0 saturated carbocycles. The highest BCUT2D eigenvalue weighted by Crippen LogP contribution is 2.39. The number of nitrogens with zero attached hydrogens (tertiary/aromatic N) is 1. The number of aromatic nitrogens is 1. The van der Waals surface area contributed by atoms with E-state index in [2.05, 4.69) is 10.3 Å². The highest BCUT2D eigenvalue weighted by atomic mass is 19.1. The molecular formula is C26H24F2N2O5. The first-order valence-corrected chi connectivity index (χ1v) is 11.1. The van der Waals surface area contributed by atoms with E-state index in [1.807, 2.05) is 0 Å². The number of halogens is 2. The lowest BCUT2D eigenvalue weighted by Gasteiger charge is -2.34. The van der Waals surface area contributed by atoms with Gasteiger partial charge in [-0.15, -0.1) is 0 Å². The number of methoxy groups -OCH3 is 1. The molecule has 9 heteroatoms. The van der Waals surface area contributed by atoms with E-state index in [0.29, 0.717) is 12.8 Å². The third kappa shape index (κ3) is 5.08. The van der Waals surface area contributed by atoms with Gasteiger partial charge in [0.05, 0.1) is 7.11 Å². The molecule has 35 heavy (non-hydrogen) atoms. The first kappa shape index (κ1) is 24.1. The van der Waals surface area contributed by atoms with Crippen LogP contribution in [0.15, 0.2) is 54.7 Å². The average Bonchev–Trinajstić information content (AvgIpc) is 2.84. The molecule has 0 aliphatic heterocycles. The summed E-state index contributed by atoms with van der Waals surface area (Å²) in [6.07, 6.45) is 1.59. The molecule has 1 aliphatic carbocycles. The van der Waals surface area contributed by atoms with E-state index in [1.165, 1.54) is 50.6 Å². The van der Waals surface area contributed by atoms with Crippen LogP contribution < -0.4 is 10.1 Å². The molecule has 3 aromatic rings. The van der Waals surface area contributed by atoms with Gasteiger partial charge >= 0.3 is 5.97 Å². The van der Waals surface area contributed by atoms with E-state index < -0.39 is 41.5 Å². The van der Waals surface area contributed by atoms with Gasteiger partial charge in [-0.05, 0) is 60.7 Å². The molecule has 182 valence electrons. The van der Waals surface area contributed by atoms with Gasteiger partial charge in [0, 0.05) is 18.2 Å². The third-order valence-corrected chi connectivity index (χ3v) is 6.03. The lowest BCUT2D eigenvalue weighted by atomic mass is 9.77. The van der Waals surface area contributed by atoms with Gasteiger partial charge in [-0.25, -0.2) is 18.6 Å². The fourth-order valence-corrected chi connectivity index (χ4v) is 4.29. The van der Waals surface area contributed by atoms with Gasteiger partial charge < -0.3 is 19.9 Å². The summed E-state index contributed by atoms with van der Waals surface area (Å²) >= 11 is 0. The van der Waals surface area contributed by atoms with Crippen molar-refractivity contribution in [2.24, 2.45) is 0 Å². The molecule has 1 amide bonds. The Hall–Kier alpha value is -4.01. The highest BCUT2D eigenvalue weighted by molar-refractivity contribution is 5.97. The topological polar surface area (TPSA) is 97.8 Å². The summed E-state index contributed by atoms with van der Waals surface area (Å²) < 4.78 is 38.1. The number of fused-ring (bicyclic) bond motifs is 1. The summed E-state index contributed by atoms with van der Waals surface area (Å²) in [7, 11) is 1.34. The van der Waals surface area contributed by atoms with Gasteiger partial charge in [-0.2, -0.15) is 0 Å². The van der Waals surface area contributed by atoms with Crippen molar-refractivity contribution >= 4 is 11.9 Å². The second-order valence-corrected chi connectivity index (χ2v) is 8.29. The minimum absolute atomic E-state index is 0.0693. The fraction of sp³-hybridized carbons (Fsp3) is 0.269. The molecule has 0 saturated heterocycles. The second-order valence-electron chi connectivity index (χ2n) is 8.29. The molecule has 2 aromatic carbocycles. The van der Waals surface area contributed by atoms with Crippen LogP contribution in [0.2, 0.25) is 0 Å². The van der Waals surface area contributed by atoms with E-state index in [9.17, 15) is 23.5 Å². The number of pyridine rings is 1. The van der Waals surface area contributed by atoms with Crippen molar-refractivity contribution in [1.29, 1.82) is 0 Å². The lowest BCUT2D eigenvalue weighted by molar-refractivity contribution is -0.152. The molecule has 0 radical (unpaired) electrons. The molecule has 7 nitrogen and oxygen atoms in total. The molecule has 0 fully saturated rings. The van der Waals surface area contributed by atoms with E-state index in [0.717, 1.165) is 16.7 Å². The molecule has 1 aromatic heterocycles. The number of hydrogen-bond donors (Lipinski definition) is 2. The van der Waals surface area contributed by atoms with Crippen molar-refractivity contribution in [1.82, 2.24) is 10.3 Å². The van der Waals surface area contributed by atoms with Crippen LogP contribution in [0.1, 0.15) is 46.4 Å². The Bertz CT molecular complexity index is 1250. The minimum atomic E-state index is -1.06. The first-order chi connectivity index (χ1) is 16.8. The van der Waals surface area contributed by atoms with Crippen LogP contribution in [0, 0.1) is 11.6 Å². The van der Waals surface area contributed by atoms with Crippen molar-refractivity contribution in [2.45, 2.75) is 37.8 Å². The Morgan fingerprint density at radius 3 is 2.54 bits per heavy atom. The molecule has 0 bridgehead atoms. The molecule has 0 unspecified atom stereocenters. The largest absolute Gasteiger partial charge is 0.503 e. The maximum absolute atomic E-state index is 13.8. The Morgan fingerprint density at radius 2 is 1.83 bits per heavy atom. The van der Waals surface area contributed by atoms with Crippen LogP contribution in [0.5, 0.6) is 11.5 Å². The normalized spacial score (nSPS) is 17.7. The van der Waals surface area contributed by atoms with Gasteiger partial charge in [0.1, 0.15) is 23.8 Å². The highest BCUT2D eigenvalue weighted by Gasteiger charge is 2.35. The zero-order valence-electron chi connectivity index (χ0n) is 19.1. The minimum Gasteiger partial charge on any atom is -0.503 e. The van der Waals surface area contributed by atoms with Crippen molar-refractivity contribution in [3.63, 3.8) is 0 Å². The number of aryl methyl sites for hydroxylation is 1. The Kier molecular flexibility index (Phi) is 6.95. The van der Waals surface area contributed by atoms with E-state index in [1.54, 1.807) is 18.2 Å². The Morgan fingerprint density at radius 1 is 1.11 bits per heavy atom. The number of carbonyl (C=O) groups is 2. The second kappa shape index (κ2) is 10.1. The summed E-state index contributed by atoms with van der Waals surface area (Å²) in [5, 5.41) is 12.6. The maximum Gasteiger partial charge on any atom is 0.328 e. The van der Waals surface area contributed by atoms with Crippen molar-refractivity contribution in [3.8, 4) is 11.5 Å². The standard InChI is InChI=1S/C26H24F2N2O5/c1-14(30-25(32)23-24(31)21(34-2)11-12-29-23)26(33)35-20-10-5-16-13-18(28)8-9-19(16)22(20)15-3-6-17(27)7-4-15/h3-4,6-9,11-14,20,22,31H,5,10H2,1-2H3,(H,30,32)/t14-,20+,22+/m0/s1. The van der Waals surface area contributed by atoms with Crippen molar-refractivity contribution < 1.29 is 33.0 Å². The fourth-order valence-electron chi connectivity index (χ4n) is 4.29. The number of benzene rings is 2.